The topological polar surface area (TPSA) is 66.5 Å². The largest absolute Gasteiger partial charge is 0.320 e. The number of benzene rings is 1. The van der Waals surface area contributed by atoms with Gasteiger partial charge in [0.2, 0.25) is 5.91 Å². The Hall–Kier alpha value is -2.17. The van der Waals surface area contributed by atoms with Gasteiger partial charge in [0.15, 0.2) is 0 Å². The van der Waals surface area contributed by atoms with Crippen LogP contribution in [0.5, 0.6) is 0 Å². The lowest BCUT2D eigenvalue weighted by molar-refractivity contribution is -0.142. The predicted octanol–water partition coefficient (Wildman–Crippen LogP) is 3.28. The molecule has 1 aromatic carbocycles. The molecule has 0 bridgehead atoms. The molecular weight excluding hydrogens is 304 g/mol. The van der Waals surface area contributed by atoms with E-state index in [1.165, 1.54) is 12.8 Å². The summed E-state index contributed by atoms with van der Waals surface area (Å²) in [5, 5.41) is 2.32. The van der Waals surface area contributed by atoms with Crippen molar-refractivity contribution in [3.05, 3.63) is 35.4 Å². The van der Waals surface area contributed by atoms with Gasteiger partial charge in [0.1, 0.15) is 5.54 Å². The number of nitrogens with one attached hydrogen (secondary N) is 1. The Morgan fingerprint density at radius 2 is 1.75 bits per heavy atom. The lowest BCUT2D eigenvalue weighted by Gasteiger charge is -2.39. The summed E-state index contributed by atoms with van der Waals surface area (Å²) in [5.41, 5.74) is 0.635. The maximum absolute atomic E-state index is 12.4. The molecule has 2 heterocycles. The minimum atomic E-state index is -0.940. The number of rotatable bonds is 2. The summed E-state index contributed by atoms with van der Waals surface area (Å²) in [7, 11) is 0. The van der Waals surface area contributed by atoms with Gasteiger partial charge in [0.05, 0.1) is 0 Å². The summed E-state index contributed by atoms with van der Waals surface area (Å²) in [5.74, 6) is -0.792. The van der Waals surface area contributed by atoms with Crippen LogP contribution in [-0.4, -0.2) is 28.2 Å². The molecule has 0 unspecified atom stereocenters. The van der Waals surface area contributed by atoms with E-state index in [1.807, 2.05) is 18.2 Å². The molecule has 2 aliphatic heterocycles. The third-order valence-corrected chi connectivity index (χ3v) is 4.50. The van der Waals surface area contributed by atoms with Crippen molar-refractivity contribution in [2.24, 2.45) is 0 Å². The second kappa shape index (κ2) is 8.08. The number of fused-ring (bicyclic) bond motifs is 1. The highest BCUT2D eigenvalue weighted by Gasteiger charge is 2.48. The molecule has 3 amide bonds. The van der Waals surface area contributed by atoms with Crippen LogP contribution in [0.1, 0.15) is 69.8 Å². The molecule has 5 heteroatoms. The minimum absolute atomic E-state index is 0. The van der Waals surface area contributed by atoms with Crippen LogP contribution in [0.3, 0.4) is 0 Å². The molecule has 1 fully saturated rings. The second-order valence-corrected chi connectivity index (χ2v) is 6.20. The molecule has 1 N–H and O–H groups in total. The molecule has 1 saturated heterocycles. The summed E-state index contributed by atoms with van der Waals surface area (Å²) >= 11 is 0. The molecule has 3 rings (SSSR count). The van der Waals surface area contributed by atoms with E-state index >= 15 is 0 Å². The monoisotopic (exact) mass is 332 g/mol. The van der Waals surface area contributed by atoms with Gasteiger partial charge in [-0.05, 0) is 25.0 Å². The van der Waals surface area contributed by atoms with Crippen LogP contribution in [-0.2, 0) is 16.1 Å². The van der Waals surface area contributed by atoms with E-state index < -0.39 is 5.54 Å². The van der Waals surface area contributed by atoms with Crippen LogP contribution in [0.4, 0.5) is 0 Å². The van der Waals surface area contributed by atoms with Gasteiger partial charge in [-0.3, -0.25) is 19.7 Å². The van der Waals surface area contributed by atoms with Gasteiger partial charge >= 0.3 is 0 Å². The summed E-state index contributed by atoms with van der Waals surface area (Å²) < 4.78 is 0. The minimum Gasteiger partial charge on any atom is -0.320 e. The number of piperidine rings is 1. The zero-order valence-corrected chi connectivity index (χ0v) is 14.0. The summed E-state index contributed by atoms with van der Waals surface area (Å²) in [4.78, 5) is 37.3. The molecule has 1 atom stereocenters. The highest BCUT2D eigenvalue weighted by Crippen LogP contribution is 2.33. The lowest BCUT2D eigenvalue weighted by Crippen LogP contribution is -2.61. The fourth-order valence-electron chi connectivity index (χ4n) is 2.70. The van der Waals surface area contributed by atoms with E-state index in [9.17, 15) is 14.4 Å². The van der Waals surface area contributed by atoms with E-state index in [2.05, 4.69) is 19.2 Å². The quantitative estimate of drug-likeness (QED) is 0.845. The Balaban J connectivity index is 0.000000522. The van der Waals surface area contributed by atoms with Crippen molar-refractivity contribution in [1.29, 1.82) is 0 Å². The number of hydrogen-bond donors (Lipinski definition) is 1. The van der Waals surface area contributed by atoms with E-state index in [0.29, 0.717) is 18.5 Å². The van der Waals surface area contributed by atoms with Crippen molar-refractivity contribution in [3.8, 4) is 0 Å². The number of amides is 3. The number of hydrogen-bond acceptors (Lipinski definition) is 3. The van der Waals surface area contributed by atoms with Crippen LogP contribution < -0.4 is 5.32 Å². The Bertz CT molecular complexity index is 625. The average Bonchev–Trinajstić information content (AvgIpc) is 2.90. The molecule has 0 spiro atoms. The first kappa shape index (κ1) is 19.9. The fraction of sp³-hybridized carbons (Fsp3) is 0.526. The lowest BCUT2D eigenvalue weighted by atomic mass is 9.89. The molecule has 5 nitrogen and oxygen atoms in total. The zero-order valence-electron chi connectivity index (χ0n) is 14.0. The Morgan fingerprint density at radius 3 is 2.29 bits per heavy atom. The van der Waals surface area contributed by atoms with Gasteiger partial charge in [-0.25, -0.2) is 0 Å². The van der Waals surface area contributed by atoms with Gasteiger partial charge in [-0.15, -0.1) is 0 Å². The molecule has 24 heavy (non-hydrogen) atoms. The standard InChI is InChI=1S/C14H14N2O3.C4H10.CH4/c1-14(7-6-11(17)15-13(14)19)16-8-9-4-2-3-5-10(9)12(16)18;1-3-4-2;/h2-5H,6-8H2,1H3,(H,15,17,19);3-4H2,1-2H3;1H4/t14-;;/m1../s1. The van der Waals surface area contributed by atoms with Crippen LogP contribution in [0.25, 0.3) is 0 Å². The summed E-state index contributed by atoms with van der Waals surface area (Å²) in [6.07, 6.45) is 3.28. The number of imide groups is 1. The molecule has 2 aliphatic rings. The van der Waals surface area contributed by atoms with Gasteiger partial charge in [-0.1, -0.05) is 52.3 Å². The first-order valence-corrected chi connectivity index (χ1v) is 8.18. The van der Waals surface area contributed by atoms with Crippen LogP contribution >= 0.6 is 0 Å². The Kier molecular flexibility index (Phi) is 6.70. The molecule has 0 saturated carbocycles. The predicted molar refractivity (Wildman–Crippen MR) is 94.4 cm³/mol. The molecule has 132 valence electrons. The first-order chi connectivity index (χ1) is 10.9. The maximum atomic E-state index is 12.4. The summed E-state index contributed by atoms with van der Waals surface area (Å²) in [6, 6.07) is 7.35. The van der Waals surface area contributed by atoms with Crippen molar-refractivity contribution >= 4 is 17.7 Å². The smallest absolute Gasteiger partial charge is 0.255 e. The third-order valence-electron chi connectivity index (χ3n) is 4.50. The number of nitrogens with zero attached hydrogens (tertiary/aromatic N) is 1. The summed E-state index contributed by atoms with van der Waals surface area (Å²) in [6.45, 7) is 6.51. The van der Waals surface area contributed by atoms with Crippen molar-refractivity contribution in [3.63, 3.8) is 0 Å². The zero-order chi connectivity index (χ0) is 17.0. The van der Waals surface area contributed by atoms with E-state index in [1.54, 1.807) is 17.9 Å². The highest BCUT2D eigenvalue weighted by molar-refractivity contribution is 6.07. The van der Waals surface area contributed by atoms with Crippen molar-refractivity contribution in [2.75, 3.05) is 0 Å². The molecular formula is C19H28N2O3. The normalized spacial score (nSPS) is 22.1. The highest BCUT2D eigenvalue weighted by atomic mass is 16.2. The van der Waals surface area contributed by atoms with Crippen LogP contribution in [0, 0.1) is 0 Å². The van der Waals surface area contributed by atoms with Crippen LogP contribution in [0.2, 0.25) is 0 Å². The van der Waals surface area contributed by atoms with E-state index in [0.717, 1.165) is 5.56 Å². The number of carbonyl (C=O) groups excluding carboxylic acids is 3. The molecule has 1 aromatic rings. The van der Waals surface area contributed by atoms with Crippen molar-refractivity contribution < 1.29 is 14.4 Å². The fourth-order valence-corrected chi connectivity index (χ4v) is 2.70. The molecule has 0 aromatic heterocycles. The average molecular weight is 332 g/mol. The van der Waals surface area contributed by atoms with Crippen molar-refractivity contribution in [1.82, 2.24) is 10.2 Å². The van der Waals surface area contributed by atoms with Gasteiger partial charge in [-0.2, -0.15) is 0 Å². The van der Waals surface area contributed by atoms with E-state index in [4.69, 9.17) is 0 Å². The van der Waals surface area contributed by atoms with Gasteiger partial charge in [0.25, 0.3) is 11.8 Å². The third kappa shape index (κ3) is 3.66. The first-order valence-electron chi connectivity index (χ1n) is 8.18. The maximum Gasteiger partial charge on any atom is 0.255 e. The second-order valence-electron chi connectivity index (χ2n) is 6.20. The molecule has 0 radical (unpaired) electrons. The van der Waals surface area contributed by atoms with Gasteiger partial charge < -0.3 is 4.90 Å². The SMILES string of the molecule is C.CCCC.C[C@@]1(N2Cc3ccccc3C2=O)CCC(=O)NC1=O. The van der Waals surface area contributed by atoms with Gasteiger partial charge in [0, 0.05) is 18.5 Å². The van der Waals surface area contributed by atoms with Crippen LogP contribution in [0.15, 0.2) is 24.3 Å². The Morgan fingerprint density at radius 1 is 1.12 bits per heavy atom. The van der Waals surface area contributed by atoms with Crippen molar-refractivity contribution in [2.45, 2.75) is 66.0 Å². The van der Waals surface area contributed by atoms with E-state index in [-0.39, 0.29) is 31.6 Å². The number of unbranched alkanes of at least 4 members (excludes halogenated alkanes) is 1. The molecule has 0 aliphatic carbocycles. The number of carbonyl (C=O) groups is 3. The Labute approximate surface area is 144 Å².